The number of hydrogen-bond acceptors (Lipinski definition) is 4. The number of nitrogens with one attached hydrogen (secondary N) is 1. The Morgan fingerprint density at radius 2 is 2.33 bits per heavy atom. The van der Waals surface area contributed by atoms with Crippen LogP contribution >= 0.6 is 0 Å². The van der Waals surface area contributed by atoms with Gasteiger partial charge >= 0.3 is 0 Å². The summed E-state index contributed by atoms with van der Waals surface area (Å²) in [5.74, 6) is 1.75. The lowest BCUT2D eigenvalue weighted by molar-refractivity contribution is 0.808. The Morgan fingerprint density at radius 1 is 1.47 bits per heavy atom. The van der Waals surface area contributed by atoms with Crippen molar-refractivity contribution in [2.45, 2.75) is 13.5 Å². The highest BCUT2D eigenvalue weighted by molar-refractivity contribution is 5.35. The van der Waals surface area contributed by atoms with Crippen molar-refractivity contribution in [1.82, 2.24) is 19.7 Å². The highest BCUT2D eigenvalue weighted by atomic mass is 15.2. The summed E-state index contributed by atoms with van der Waals surface area (Å²) in [5, 5.41) is 11.0. The van der Waals surface area contributed by atoms with Gasteiger partial charge in [0.2, 0.25) is 0 Å². The topological polar surface area (TPSA) is 55.6 Å². The van der Waals surface area contributed by atoms with E-state index in [2.05, 4.69) is 20.5 Å². The predicted molar refractivity (Wildman–Crippen MR) is 57.3 cm³/mol. The van der Waals surface area contributed by atoms with E-state index in [1.165, 1.54) is 0 Å². The van der Waals surface area contributed by atoms with Gasteiger partial charge < -0.3 is 9.88 Å². The molecular formula is C10H13N5. The van der Waals surface area contributed by atoms with E-state index in [1.807, 2.05) is 30.8 Å². The molecule has 0 aromatic carbocycles. The second kappa shape index (κ2) is 4.08. The zero-order chi connectivity index (χ0) is 10.7. The highest BCUT2D eigenvalue weighted by Gasteiger charge is 1.99. The van der Waals surface area contributed by atoms with Crippen molar-refractivity contribution in [2.24, 2.45) is 7.05 Å². The van der Waals surface area contributed by atoms with Crippen LogP contribution in [0.15, 0.2) is 24.7 Å². The molecular weight excluding hydrogens is 190 g/mol. The summed E-state index contributed by atoms with van der Waals surface area (Å²) < 4.78 is 1.97. The van der Waals surface area contributed by atoms with Crippen molar-refractivity contribution in [3.8, 4) is 0 Å². The number of anilines is 1. The maximum atomic E-state index is 4.21. The SMILES string of the molecule is Cc1cnnc(NCc2nccn2C)c1. The first-order valence-electron chi connectivity index (χ1n) is 4.75. The number of aryl methyl sites for hydroxylation is 2. The Kier molecular flexibility index (Phi) is 2.62. The Labute approximate surface area is 88.2 Å². The zero-order valence-corrected chi connectivity index (χ0v) is 8.81. The minimum atomic E-state index is 0.654. The molecule has 0 radical (unpaired) electrons. The lowest BCUT2D eigenvalue weighted by Crippen LogP contribution is -2.07. The van der Waals surface area contributed by atoms with Crippen LogP contribution in [0.2, 0.25) is 0 Å². The molecule has 15 heavy (non-hydrogen) atoms. The Morgan fingerprint density at radius 3 is 3.00 bits per heavy atom. The molecule has 1 N–H and O–H groups in total. The monoisotopic (exact) mass is 203 g/mol. The number of hydrogen-bond donors (Lipinski definition) is 1. The minimum Gasteiger partial charge on any atom is -0.361 e. The van der Waals surface area contributed by atoms with Gasteiger partial charge in [0.15, 0.2) is 0 Å². The van der Waals surface area contributed by atoms with Crippen LogP contribution in [0, 0.1) is 6.92 Å². The third-order valence-corrected chi connectivity index (χ3v) is 2.14. The van der Waals surface area contributed by atoms with E-state index in [1.54, 1.807) is 12.4 Å². The molecule has 0 aliphatic heterocycles. The van der Waals surface area contributed by atoms with Crippen LogP contribution in [-0.2, 0) is 13.6 Å². The maximum absolute atomic E-state index is 4.21. The van der Waals surface area contributed by atoms with E-state index in [0.29, 0.717) is 6.54 Å². The van der Waals surface area contributed by atoms with Gasteiger partial charge in [-0.25, -0.2) is 4.98 Å². The summed E-state index contributed by atoms with van der Waals surface area (Å²) in [5.41, 5.74) is 1.09. The van der Waals surface area contributed by atoms with Crippen molar-refractivity contribution in [2.75, 3.05) is 5.32 Å². The second-order valence-electron chi connectivity index (χ2n) is 3.43. The normalized spacial score (nSPS) is 10.3. The molecule has 2 heterocycles. The van der Waals surface area contributed by atoms with Crippen molar-refractivity contribution in [3.63, 3.8) is 0 Å². The van der Waals surface area contributed by atoms with Crippen LogP contribution < -0.4 is 5.32 Å². The molecule has 78 valence electrons. The Balaban J connectivity index is 2.02. The van der Waals surface area contributed by atoms with Gasteiger partial charge in [-0.3, -0.25) is 0 Å². The molecule has 2 aromatic heterocycles. The number of rotatable bonds is 3. The average Bonchev–Trinajstić information content (AvgIpc) is 2.61. The molecule has 0 bridgehead atoms. The molecule has 2 aromatic rings. The molecule has 0 spiro atoms. The molecule has 0 amide bonds. The van der Waals surface area contributed by atoms with Crippen LogP contribution in [0.1, 0.15) is 11.4 Å². The molecule has 0 saturated heterocycles. The fourth-order valence-electron chi connectivity index (χ4n) is 1.29. The van der Waals surface area contributed by atoms with Gasteiger partial charge in [0, 0.05) is 19.4 Å². The minimum absolute atomic E-state index is 0.654. The quantitative estimate of drug-likeness (QED) is 0.812. The molecule has 0 unspecified atom stereocenters. The fraction of sp³-hybridized carbons (Fsp3) is 0.300. The first-order chi connectivity index (χ1) is 7.25. The third-order valence-electron chi connectivity index (χ3n) is 2.14. The van der Waals surface area contributed by atoms with Crippen molar-refractivity contribution >= 4 is 5.82 Å². The summed E-state index contributed by atoms with van der Waals surface area (Å²) in [4.78, 5) is 4.21. The van der Waals surface area contributed by atoms with E-state index < -0.39 is 0 Å². The Bertz CT molecular complexity index is 449. The summed E-state index contributed by atoms with van der Waals surface area (Å²) in [6, 6.07) is 1.95. The van der Waals surface area contributed by atoms with E-state index in [9.17, 15) is 0 Å². The second-order valence-corrected chi connectivity index (χ2v) is 3.43. The first kappa shape index (κ1) is 9.64. The molecule has 5 nitrogen and oxygen atoms in total. The number of aromatic nitrogens is 4. The van der Waals surface area contributed by atoms with Gasteiger partial charge in [0.25, 0.3) is 0 Å². The average molecular weight is 203 g/mol. The summed E-state index contributed by atoms with van der Waals surface area (Å²) in [6.45, 7) is 2.64. The van der Waals surface area contributed by atoms with E-state index in [4.69, 9.17) is 0 Å². The van der Waals surface area contributed by atoms with Gasteiger partial charge in [-0.15, -0.1) is 5.10 Å². The lowest BCUT2D eigenvalue weighted by atomic mass is 10.3. The number of imidazole rings is 1. The van der Waals surface area contributed by atoms with E-state index >= 15 is 0 Å². The van der Waals surface area contributed by atoms with Crippen LogP contribution in [0.5, 0.6) is 0 Å². The molecule has 2 rings (SSSR count). The maximum Gasteiger partial charge on any atom is 0.149 e. The van der Waals surface area contributed by atoms with Gasteiger partial charge in [-0.2, -0.15) is 5.10 Å². The van der Waals surface area contributed by atoms with Crippen molar-refractivity contribution < 1.29 is 0 Å². The van der Waals surface area contributed by atoms with Crippen molar-refractivity contribution in [3.05, 3.63) is 36.0 Å². The summed E-state index contributed by atoms with van der Waals surface area (Å²) >= 11 is 0. The van der Waals surface area contributed by atoms with Gasteiger partial charge in [0.1, 0.15) is 11.6 Å². The zero-order valence-electron chi connectivity index (χ0n) is 8.81. The molecule has 0 aliphatic rings. The molecule has 0 fully saturated rings. The fourth-order valence-corrected chi connectivity index (χ4v) is 1.29. The molecule has 0 atom stereocenters. The van der Waals surface area contributed by atoms with Gasteiger partial charge in [0.05, 0.1) is 12.7 Å². The van der Waals surface area contributed by atoms with Crippen molar-refractivity contribution in [1.29, 1.82) is 0 Å². The lowest BCUT2D eigenvalue weighted by Gasteiger charge is -2.04. The summed E-state index contributed by atoms with van der Waals surface area (Å²) in [6.07, 6.45) is 5.42. The standard InChI is InChI=1S/C10H13N5/c1-8-5-9(14-13-6-8)12-7-10-11-3-4-15(10)2/h3-6H,7H2,1-2H3,(H,12,14). The van der Waals surface area contributed by atoms with Crippen LogP contribution in [0.4, 0.5) is 5.82 Å². The van der Waals surface area contributed by atoms with E-state index in [-0.39, 0.29) is 0 Å². The van der Waals surface area contributed by atoms with Gasteiger partial charge in [-0.1, -0.05) is 0 Å². The molecule has 0 aliphatic carbocycles. The molecule has 5 heteroatoms. The van der Waals surface area contributed by atoms with E-state index in [0.717, 1.165) is 17.2 Å². The third kappa shape index (κ3) is 2.31. The van der Waals surface area contributed by atoms with Crippen LogP contribution in [0.3, 0.4) is 0 Å². The summed E-state index contributed by atoms with van der Waals surface area (Å²) in [7, 11) is 1.96. The van der Waals surface area contributed by atoms with Crippen LogP contribution in [0.25, 0.3) is 0 Å². The Hall–Kier alpha value is -1.91. The number of nitrogens with zero attached hydrogens (tertiary/aromatic N) is 4. The highest BCUT2D eigenvalue weighted by Crippen LogP contribution is 2.05. The van der Waals surface area contributed by atoms with Crippen LogP contribution in [-0.4, -0.2) is 19.7 Å². The van der Waals surface area contributed by atoms with Gasteiger partial charge in [-0.05, 0) is 18.6 Å². The largest absolute Gasteiger partial charge is 0.361 e. The smallest absolute Gasteiger partial charge is 0.149 e. The molecule has 0 saturated carbocycles. The first-order valence-corrected chi connectivity index (χ1v) is 4.75. The predicted octanol–water partition coefficient (Wildman–Crippen LogP) is 1.13.